The van der Waals surface area contributed by atoms with E-state index in [4.69, 9.17) is 11.6 Å². The molecule has 0 aromatic heterocycles. The van der Waals surface area contributed by atoms with Crippen LogP contribution in [0.2, 0.25) is 0 Å². The van der Waals surface area contributed by atoms with Crippen molar-refractivity contribution < 1.29 is 9.90 Å². The lowest BCUT2D eigenvalue weighted by molar-refractivity contribution is -0.115. The SMILES string of the molecule is O=C(Cc1ccccc1O)Nc1ccc(CCCl)cc1. The van der Waals surface area contributed by atoms with Gasteiger partial charge in [0.15, 0.2) is 0 Å². The molecular weight excluding hydrogens is 274 g/mol. The van der Waals surface area contributed by atoms with E-state index in [1.54, 1.807) is 24.3 Å². The van der Waals surface area contributed by atoms with Crippen molar-refractivity contribution >= 4 is 23.2 Å². The van der Waals surface area contributed by atoms with E-state index >= 15 is 0 Å². The minimum atomic E-state index is -0.156. The highest BCUT2D eigenvalue weighted by atomic mass is 35.5. The smallest absolute Gasteiger partial charge is 0.228 e. The lowest BCUT2D eigenvalue weighted by Gasteiger charge is -2.07. The first-order chi connectivity index (χ1) is 9.69. The van der Waals surface area contributed by atoms with E-state index in [2.05, 4.69) is 5.32 Å². The number of halogens is 1. The average molecular weight is 290 g/mol. The van der Waals surface area contributed by atoms with Crippen LogP contribution >= 0.6 is 11.6 Å². The lowest BCUT2D eigenvalue weighted by atomic mass is 10.1. The number of nitrogens with one attached hydrogen (secondary N) is 1. The van der Waals surface area contributed by atoms with Gasteiger partial charge in [-0.2, -0.15) is 0 Å². The van der Waals surface area contributed by atoms with Crippen LogP contribution in [0.1, 0.15) is 11.1 Å². The number of hydrogen-bond donors (Lipinski definition) is 2. The minimum Gasteiger partial charge on any atom is -0.508 e. The fourth-order valence-electron chi connectivity index (χ4n) is 1.90. The summed E-state index contributed by atoms with van der Waals surface area (Å²) >= 11 is 5.67. The van der Waals surface area contributed by atoms with Crippen LogP contribution in [-0.4, -0.2) is 16.9 Å². The zero-order valence-corrected chi connectivity index (χ0v) is 11.7. The maximum Gasteiger partial charge on any atom is 0.228 e. The van der Waals surface area contributed by atoms with Crippen LogP contribution in [-0.2, 0) is 17.6 Å². The molecule has 0 saturated heterocycles. The summed E-state index contributed by atoms with van der Waals surface area (Å²) in [5, 5.41) is 12.4. The Hall–Kier alpha value is -2.00. The van der Waals surface area contributed by atoms with Crippen molar-refractivity contribution in [1.82, 2.24) is 0 Å². The highest BCUT2D eigenvalue weighted by Gasteiger charge is 2.07. The van der Waals surface area contributed by atoms with Crippen molar-refractivity contribution in [3.63, 3.8) is 0 Å². The molecule has 3 nitrogen and oxygen atoms in total. The van der Waals surface area contributed by atoms with Crippen molar-refractivity contribution in [3.8, 4) is 5.75 Å². The third-order valence-electron chi connectivity index (χ3n) is 2.96. The van der Waals surface area contributed by atoms with Crippen molar-refractivity contribution in [1.29, 1.82) is 0 Å². The first-order valence-electron chi connectivity index (χ1n) is 6.40. The van der Waals surface area contributed by atoms with Gasteiger partial charge < -0.3 is 10.4 Å². The highest BCUT2D eigenvalue weighted by molar-refractivity contribution is 6.18. The molecule has 2 aromatic carbocycles. The first-order valence-corrected chi connectivity index (χ1v) is 6.94. The van der Waals surface area contributed by atoms with Crippen LogP contribution in [0.25, 0.3) is 0 Å². The number of alkyl halides is 1. The lowest BCUT2D eigenvalue weighted by Crippen LogP contribution is -2.14. The number of rotatable bonds is 5. The van der Waals surface area contributed by atoms with E-state index in [9.17, 15) is 9.90 Å². The Balaban J connectivity index is 1.96. The fourth-order valence-corrected chi connectivity index (χ4v) is 2.12. The van der Waals surface area contributed by atoms with Gasteiger partial charge in [-0.05, 0) is 30.2 Å². The van der Waals surface area contributed by atoms with E-state index < -0.39 is 0 Å². The molecule has 0 radical (unpaired) electrons. The number of aromatic hydroxyl groups is 1. The molecule has 0 spiro atoms. The molecular formula is C16H16ClNO2. The van der Waals surface area contributed by atoms with Crippen molar-refractivity contribution in [2.75, 3.05) is 11.2 Å². The molecule has 2 aromatic rings. The zero-order chi connectivity index (χ0) is 14.4. The summed E-state index contributed by atoms with van der Waals surface area (Å²) in [4.78, 5) is 11.9. The van der Waals surface area contributed by atoms with Gasteiger partial charge in [0.1, 0.15) is 5.75 Å². The summed E-state index contributed by atoms with van der Waals surface area (Å²) < 4.78 is 0. The molecule has 0 bridgehead atoms. The van der Waals surface area contributed by atoms with Crippen LogP contribution in [0.15, 0.2) is 48.5 Å². The van der Waals surface area contributed by atoms with Crippen molar-refractivity contribution in [2.45, 2.75) is 12.8 Å². The third-order valence-corrected chi connectivity index (χ3v) is 3.15. The molecule has 0 unspecified atom stereocenters. The summed E-state index contributed by atoms with van der Waals surface area (Å²) in [6, 6.07) is 14.4. The predicted molar refractivity (Wildman–Crippen MR) is 81.3 cm³/mol. The van der Waals surface area contributed by atoms with E-state index in [1.807, 2.05) is 24.3 Å². The molecule has 0 aliphatic carbocycles. The third kappa shape index (κ3) is 4.00. The molecule has 0 saturated carbocycles. The van der Waals surface area contributed by atoms with Gasteiger partial charge in [-0.1, -0.05) is 30.3 Å². The number of carbonyl (C=O) groups is 1. The Morgan fingerprint density at radius 2 is 1.80 bits per heavy atom. The van der Waals surface area contributed by atoms with Gasteiger partial charge in [-0.15, -0.1) is 11.6 Å². The molecule has 2 rings (SSSR count). The normalized spacial score (nSPS) is 10.2. The summed E-state index contributed by atoms with van der Waals surface area (Å²) in [6.45, 7) is 0. The number of amides is 1. The molecule has 4 heteroatoms. The average Bonchev–Trinajstić information content (AvgIpc) is 2.44. The van der Waals surface area contributed by atoms with E-state index in [1.165, 1.54) is 0 Å². The monoisotopic (exact) mass is 289 g/mol. The van der Waals surface area contributed by atoms with E-state index in [0.29, 0.717) is 11.4 Å². The Kier molecular flexibility index (Phi) is 5.02. The Morgan fingerprint density at radius 1 is 1.10 bits per heavy atom. The largest absolute Gasteiger partial charge is 0.508 e. The first kappa shape index (κ1) is 14.4. The molecule has 0 aliphatic rings. The van der Waals surface area contributed by atoms with Crippen molar-refractivity contribution in [3.05, 3.63) is 59.7 Å². The minimum absolute atomic E-state index is 0.139. The van der Waals surface area contributed by atoms with Crippen LogP contribution in [0.5, 0.6) is 5.75 Å². The van der Waals surface area contributed by atoms with Gasteiger partial charge in [-0.3, -0.25) is 4.79 Å². The van der Waals surface area contributed by atoms with Gasteiger partial charge in [-0.25, -0.2) is 0 Å². The Labute approximate surface area is 123 Å². The van der Waals surface area contributed by atoms with Crippen LogP contribution in [0.3, 0.4) is 0 Å². The second kappa shape index (κ2) is 6.96. The summed E-state index contributed by atoms with van der Waals surface area (Å²) in [5.41, 5.74) is 2.49. The molecule has 0 heterocycles. The van der Waals surface area contributed by atoms with Crippen molar-refractivity contribution in [2.24, 2.45) is 0 Å². The maximum atomic E-state index is 11.9. The maximum absolute atomic E-state index is 11.9. The van der Waals surface area contributed by atoms with Gasteiger partial charge in [0.05, 0.1) is 6.42 Å². The Bertz CT molecular complexity index is 581. The predicted octanol–water partition coefficient (Wildman–Crippen LogP) is 3.35. The van der Waals surface area contributed by atoms with E-state index in [-0.39, 0.29) is 18.1 Å². The highest BCUT2D eigenvalue weighted by Crippen LogP contribution is 2.17. The van der Waals surface area contributed by atoms with Gasteiger partial charge in [0, 0.05) is 17.1 Å². The number of phenolic OH excluding ortho intramolecular Hbond substituents is 1. The molecule has 104 valence electrons. The number of hydrogen-bond acceptors (Lipinski definition) is 2. The quantitative estimate of drug-likeness (QED) is 0.829. The summed E-state index contributed by atoms with van der Waals surface area (Å²) in [5.74, 6) is 0.565. The molecule has 20 heavy (non-hydrogen) atoms. The second-order valence-electron chi connectivity index (χ2n) is 4.49. The van der Waals surface area contributed by atoms with Crippen LogP contribution < -0.4 is 5.32 Å². The number of carbonyl (C=O) groups excluding carboxylic acids is 1. The summed E-state index contributed by atoms with van der Waals surface area (Å²) in [6.07, 6.45) is 0.962. The molecule has 0 aliphatic heterocycles. The Morgan fingerprint density at radius 3 is 2.45 bits per heavy atom. The number of para-hydroxylation sites is 1. The number of phenols is 1. The number of anilines is 1. The fraction of sp³-hybridized carbons (Fsp3) is 0.188. The summed E-state index contributed by atoms with van der Waals surface area (Å²) in [7, 11) is 0. The topological polar surface area (TPSA) is 49.3 Å². The molecule has 0 fully saturated rings. The van der Waals surface area contributed by atoms with Crippen LogP contribution in [0, 0.1) is 0 Å². The van der Waals surface area contributed by atoms with Crippen LogP contribution in [0.4, 0.5) is 5.69 Å². The van der Waals surface area contributed by atoms with Gasteiger partial charge in [0.2, 0.25) is 5.91 Å². The van der Waals surface area contributed by atoms with Gasteiger partial charge in [0.25, 0.3) is 0 Å². The second-order valence-corrected chi connectivity index (χ2v) is 4.87. The molecule has 1 amide bonds. The number of benzene rings is 2. The molecule has 2 N–H and O–H groups in total. The standard InChI is InChI=1S/C16H16ClNO2/c17-10-9-12-5-7-14(8-6-12)18-16(20)11-13-3-1-2-4-15(13)19/h1-8,19H,9-11H2,(H,18,20). The van der Waals surface area contributed by atoms with E-state index in [0.717, 1.165) is 17.7 Å². The zero-order valence-electron chi connectivity index (χ0n) is 11.0. The van der Waals surface area contributed by atoms with Gasteiger partial charge >= 0.3 is 0 Å². The molecule has 0 atom stereocenters. The number of aryl methyl sites for hydroxylation is 1.